The minimum Gasteiger partial charge on any atom is -0.396 e. The lowest BCUT2D eigenvalue weighted by Gasteiger charge is -2.21. The first kappa shape index (κ1) is 11.7. The van der Waals surface area contributed by atoms with Crippen molar-refractivity contribution in [3.63, 3.8) is 0 Å². The van der Waals surface area contributed by atoms with E-state index >= 15 is 0 Å². The molecular weight excluding hydrogens is 184 g/mol. The van der Waals surface area contributed by atoms with E-state index in [1.807, 2.05) is 6.92 Å². The molecule has 1 rings (SSSR count). The van der Waals surface area contributed by atoms with Crippen molar-refractivity contribution in [2.45, 2.75) is 25.2 Å². The fourth-order valence-electron chi connectivity index (χ4n) is 1.39. The number of aliphatic hydroxyl groups excluding tert-OH is 1. The number of rotatable bonds is 6. The highest BCUT2D eigenvalue weighted by Gasteiger charge is 2.36. The normalized spacial score (nSPS) is 32.0. The van der Waals surface area contributed by atoms with E-state index in [1.54, 1.807) is 6.08 Å². The van der Waals surface area contributed by atoms with Gasteiger partial charge in [0, 0.05) is 13.0 Å². The quantitative estimate of drug-likeness (QED) is 0.509. The first-order valence-electron chi connectivity index (χ1n) is 4.81. The highest BCUT2D eigenvalue weighted by atomic mass is 16.7. The minimum atomic E-state index is -0.642. The second kappa shape index (κ2) is 5.46. The first-order chi connectivity index (χ1) is 6.70. The van der Waals surface area contributed by atoms with Gasteiger partial charge in [0.05, 0.1) is 19.8 Å². The molecule has 0 aromatic heterocycles. The fourth-order valence-corrected chi connectivity index (χ4v) is 1.39. The van der Waals surface area contributed by atoms with Crippen molar-refractivity contribution in [2.24, 2.45) is 0 Å². The molecule has 0 saturated carbocycles. The number of hydrogen-bond acceptors (Lipinski definition) is 4. The van der Waals surface area contributed by atoms with Crippen LogP contribution in [0.4, 0.5) is 0 Å². The average Bonchev–Trinajstić information content (AvgIpc) is 2.49. The molecule has 1 fully saturated rings. The van der Waals surface area contributed by atoms with Crippen LogP contribution < -0.4 is 0 Å². The molecular formula is C10H18O4. The van der Waals surface area contributed by atoms with Crippen molar-refractivity contribution in [3.05, 3.63) is 12.7 Å². The Morgan fingerprint density at radius 1 is 1.71 bits per heavy atom. The summed E-state index contributed by atoms with van der Waals surface area (Å²) in [5.41, 5.74) is 0. The van der Waals surface area contributed by atoms with Gasteiger partial charge in [0.15, 0.2) is 5.79 Å². The molecule has 1 saturated heterocycles. The van der Waals surface area contributed by atoms with Gasteiger partial charge >= 0.3 is 0 Å². The van der Waals surface area contributed by atoms with Gasteiger partial charge in [0.2, 0.25) is 0 Å². The molecule has 0 bridgehead atoms. The molecule has 0 aliphatic carbocycles. The van der Waals surface area contributed by atoms with Gasteiger partial charge in [-0.15, -0.1) is 6.58 Å². The summed E-state index contributed by atoms with van der Waals surface area (Å²) in [6.07, 6.45) is 2.15. The molecule has 0 amide bonds. The van der Waals surface area contributed by atoms with Crippen LogP contribution in [0.15, 0.2) is 12.7 Å². The van der Waals surface area contributed by atoms with E-state index in [0.717, 1.165) is 0 Å². The number of aliphatic hydroxyl groups is 1. The third-order valence-electron chi connectivity index (χ3n) is 2.10. The molecule has 2 atom stereocenters. The summed E-state index contributed by atoms with van der Waals surface area (Å²) >= 11 is 0. The Kier molecular flexibility index (Phi) is 4.54. The maximum atomic E-state index is 8.79. The molecule has 1 aliphatic rings. The van der Waals surface area contributed by atoms with E-state index in [2.05, 4.69) is 6.58 Å². The van der Waals surface area contributed by atoms with Gasteiger partial charge in [0.25, 0.3) is 0 Å². The molecule has 1 heterocycles. The zero-order valence-corrected chi connectivity index (χ0v) is 8.57. The van der Waals surface area contributed by atoms with Crippen LogP contribution in [-0.2, 0) is 14.2 Å². The summed E-state index contributed by atoms with van der Waals surface area (Å²) in [7, 11) is 0. The van der Waals surface area contributed by atoms with Crippen molar-refractivity contribution in [3.8, 4) is 0 Å². The van der Waals surface area contributed by atoms with Crippen LogP contribution in [-0.4, -0.2) is 43.4 Å². The fraction of sp³-hybridized carbons (Fsp3) is 0.800. The van der Waals surface area contributed by atoms with E-state index in [-0.39, 0.29) is 12.7 Å². The van der Waals surface area contributed by atoms with Crippen molar-refractivity contribution < 1.29 is 19.3 Å². The zero-order valence-electron chi connectivity index (χ0n) is 8.57. The Labute approximate surface area is 84.5 Å². The summed E-state index contributed by atoms with van der Waals surface area (Å²) in [5.74, 6) is -0.642. The van der Waals surface area contributed by atoms with Crippen molar-refractivity contribution >= 4 is 0 Å². The monoisotopic (exact) mass is 202 g/mol. The first-order valence-corrected chi connectivity index (χ1v) is 4.81. The second-order valence-corrected chi connectivity index (χ2v) is 3.48. The maximum Gasteiger partial charge on any atom is 0.168 e. The summed E-state index contributed by atoms with van der Waals surface area (Å²) in [6, 6.07) is 0. The molecule has 0 spiro atoms. The van der Waals surface area contributed by atoms with Crippen LogP contribution >= 0.6 is 0 Å². The number of ether oxygens (including phenoxy) is 3. The van der Waals surface area contributed by atoms with Gasteiger partial charge in [-0.2, -0.15) is 0 Å². The summed E-state index contributed by atoms with van der Waals surface area (Å²) in [6.45, 7) is 7.00. The highest BCUT2D eigenvalue weighted by Crippen LogP contribution is 2.26. The van der Waals surface area contributed by atoms with E-state index in [0.29, 0.717) is 26.2 Å². The minimum absolute atomic E-state index is 0.0356. The van der Waals surface area contributed by atoms with Gasteiger partial charge in [-0.25, -0.2) is 0 Å². The molecule has 1 aliphatic heterocycles. The third-order valence-corrected chi connectivity index (χ3v) is 2.10. The Balaban J connectivity index is 2.22. The largest absolute Gasteiger partial charge is 0.396 e. The third kappa shape index (κ3) is 3.38. The maximum absolute atomic E-state index is 8.79. The van der Waals surface area contributed by atoms with Crippen LogP contribution in [0.3, 0.4) is 0 Å². The summed E-state index contributed by atoms with van der Waals surface area (Å²) in [4.78, 5) is 0. The molecule has 4 nitrogen and oxygen atoms in total. The van der Waals surface area contributed by atoms with E-state index < -0.39 is 5.79 Å². The average molecular weight is 202 g/mol. The Hall–Kier alpha value is -0.420. The predicted octanol–water partition coefficient (Wildman–Crippen LogP) is 0.703. The molecule has 0 radical (unpaired) electrons. The van der Waals surface area contributed by atoms with Crippen LogP contribution in [0.2, 0.25) is 0 Å². The van der Waals surface area contributed by atoms with Crippen molar-refractivity contribution in [2.75, 3.05) is 26.4 Å². The summed E-state index contributed by atoms with van der Waals surface area (Å²) < 4.78 is 16.3. The van der Waals surface area contributed by atoms with Crippen LogP contribution in [0.5, 0.6) is 0 Å². The lowest BCUT2D eigenvalue weighted by Crippen LogP contribution is -2.29. The predicted molar refractivity (Wildman–Crippen MR) is 51.9 cm³/mol. The van der Waals surface area contributed by atoms with Gasteiger partial charge in [-0.05, 0) is 6.92 Å². The lowest BCUT2D eigenvalue weighted by atomic mass is 10.2. The van der Waals surface area contributed by atoms with Crippen molar-refractivity contribution in [1.82, 2.24) is 0 Å². The zero-order chi connectivity index (χ0) is 10.4. The molecule has 1 N–H and O–H groups in total. The summed E-state index contributed by atoms with van der Waals surface area (Å²) in [5, 5.41) is 8.79. The van der Waals surface area contributed by atoms with E-state index in [4.69, 9.17) is 19.3 Å². The highest BCUT2D eigenvalue weighted by molar-refractivity contribution is 4.75. The molecule has 82 valence electrons. The molecule has 2 unspecified atom stereocenters. The second-order valence-electron chi connectivity index (χ2n) is 3.48. The standard InChI is InChI=1S/C10H18O4/c1-3-6-12-7-9-8-13-10(2,14-9)4-5-11/h3,9,11H,1,4-8H2,2H3. The SMILES string of the molecule is C=CCOCC1COC(C)(CCO)O1. The van der Waals surface area contributed by atoms with E-state index in [1.165, 1.54) is 0 Å². The molecule has 0 aromatic rings. The van der Waals surface area contributed by atoms with E-state index in [9.17, 15) is 0 Å². The van der Waals surface area contributed by atoms with Gasteiger partial charge in [-0.3, -0.25) is 0 Å². The number of hydrogen-bond donors (Lipinski definition) is 1. The van der Waals surface area contributed by atoms with Crippen LogP contribution in [0, 0.1) is 0 Å². The molecule has 4 heteroatoms. The topological polar surface area (TPSA) is 47.9 Å². The van der Waals surface area contributed by atoms with Gasteiger partial charge in [-0.1, -0.05) is 6.08 Å². The Morgan fingerprint density at radius 2 is 2.50 bits per heavy atom. The van der Waals surface area contributed by atoms with Crippen molar-refractivity contribution in [1.29, 1.82) is 0 Å². The smallest absolute Gasteiger partial charge is 0.168 e. The Morgan fingerprint density at radius 3 is 3.14 bits per heavy atom. The molecule has 14 heavy (non-hydrogen) atoms. The van der Waals surface area contributed by atoms with Gasteiger partial charge < -0.3 is 19.3 Å². The van der Waals surface area contributed by atoms with Crippen LogP contribution in [0.1, 0.15) is 13.3 Å². The molecule has 0 aromatic carbocycles. The van der Waals surface area contributed by atoms with Crippen LogP contribution in [0.25, 0.3) is 0 Å². The van der Waals surface area contributed by atoms with Gasteiger partial charge in [0.1, 0.15) is 6.10 Å². The lowest BCUT2D eigenvalue weighted by molar-refractivity contribution is -0.168. The Bertz CT molecular complexity index is 183.